The summed E-state index contributed by atoms with van der Waals surface area (Å²) in [6.45, 7) is 6.19. The van der Waals surface area contributed by atoms with Crippen LogP contribution in [0.5, 0.6) is 0 Å². The number of ether oxygens (including phenoxy) is 1. The molecule has 0 spiro atoms. The Morgan fingerprint density at radius 2 is 2.08 bits per heavy atom. The lowest BCUT2D eigenvalue weighted by Crippen LogP contribution is -2.26. The molecule has 0 saturated carbocycles. The van der Waals surface area contributed by atoms with E-state index in [-0.39, 0.29) is 30.7 Å². The van der Waals surface area contributed by atoms with Crippen LogP contribution in [0.3, 0.4) is 0 Å². The molecule has 2 aromatic rings. The van der Waals surface area contributed by atoms with Crippen molar-refractivity contribution in [3.8, 4) is 10.7 Å². The van der Waals surface area contributed by atoms with Crippen molar-refractivity contribution in [2.45, 2.75) is 40.0 Å². The van der Waals surface area contributed by atoms with Crippen LogP contribution in [0.1, 0.15) is 50.5 Å². The van der Waals surface area contributed by atoms with Crippen LogP contribution in [0.2, 0.25) is 0 Å². The molecule has 26 heavy (non-hydrogen) atoms. The molecule has 2 heterocycles. The molecular formula is C19H24N2O3S2. The molecule has 0 fully saturated rings. The van der Waals surface area contributed by atoms with Crippen LogP contribution in [-0.4, -0.2) is 28.3 Å². The minimum absolute atomic E-state index is 0.0164. The fourth-order valence-electron chi connectivity index (χ4n) is 2.32. The first-order chi connectivity index (χ1) is 12.5. The summed E-state index contributed by atoms with van der Waals surface area (Å²) in [4.78, 5) is 33.5. The van der Waals surface area contributed by atoms with Gasteiger partial charge in [0.05, 0.1) is 11.4 Å². The molecule has 0 amide bonds. The maximum atomic E-state index is 12.6. The molecule has 5 nitrogen and oxygen atoms in total. The quantitative estimate of drug-likeness (QED) is 0.323. The van der Waals surface area contributed by atoms with Crippen LogP contribution >= 0.6 is 22.7 Å². The summed E-state index contributed by atoms with van der Waals surface area (Å²) in [6.07, 6.45) is 5.98. The third kappa shape index (κ3) is 5.85. The minimum Gasteiger partial charge on any atom is -0.461 e. The van der Waals surface area contributed by atoms with E-state index in [1.54, 1.807) is 10.9 Å². The van der Waals surface area contributed by atoms with Gasteiger partial charge in [-0.2, -0.15) is 0 Å². The Hall–Kier alpha value is -1.86. The average molecular weight is 393 g/mol. The van der Waals surface area contributed by atoms with Gasteiger partial charge in [0.2, 0.25) is 0 Å². The number of hydrogen-bond donors (Lipinski definition) is 0. The molecule has 1 atom stereocenters. The summed E-state index contributed by atoms with van der Waals surface area (Å²) < 4.78 is 5.31. The Labute approximate surface area is 162 Å². The SMILES string of the molecule is CCC/C=C/COC(=O)[C@@H](CC(=O)c1csc(-c2cscn2)n1)C(C)C. The third-order valence-electron chi connectivity index (χ3n) is 3.90. The second-order valence-corrected chi connectivity index (χ2v) is 7.86. The van der Waals surface area contributed by atoms with Gasteiger partial charge in [0.1, 0.15) is 23.0 Å². The molecular weight excluding hydrogens is 368 g/mol. The molecule has 0 saturated heterocycles. The van der Waals surface area contributed by atoms with Crippen molar-refractivity contribution in [3.05, 3.63) is 34.1 Å². The number of carbonyl (C=O) groups excluding carboxylic acids is 2. The van der Waals surface area contributed by atoms with E-state index < -0.39 is 5.92 Å². The molecule has 0 aliphatic rings. The largest absolute Gasteiger partial charge is 0.461 e. The van der Waals surface area contributed by atoms with Crippen molar-refractivity contribution in [1.29, 1.82) is 0 Å². The molecule has 0 N–H and O–H groups in total. The van der Waals surface area contributed by atoms with Crippen molar-refractivity contribution in [2.24, 2.45) is 11.8 Å². The first kappa shape index (κ1) is 20.5. The Bertz CT molecular complexity index is 736. The van der Waals surface area contributed by atoms with Gasteiger partial charge in [0.15, 0.2) is 5.78 Å². The molecule has 0 unspecified atom stereocenters. The van der Waals surface area contributed by atoms with E-state index in [2.05, 4.69) is 16.9 Å². The highest BCUT2D eigenvalue weighted by Crippen LogP contribution is 2.26. The first-order valence-electron chi connectivity index (χ1n) is 8.71. The van der Waals surface area contributed by atoms with E-state index in [1.165, 1.54) is 22.7 Å². The number of ketones is 1. The van der Waals surface area contributed by atoms with Gasteiger partial charge in [-0.3, -0.25) is 9.59 Å². The van der Waals surface area contributed by atoms with Gasteiger partial charge in [-0.15, -0.1) is 22.7 Å². The van der Waals surface area contributed by atoms with Crippen LogP contribution in [-0.2, 0) is 9.53 Å². The van der Waals surface area contributed by atoms with Gasteiger partial charge >= 0.3 is 5.97 Å². The van der Waals surface area contributed by atoms with Crippen molar-refractivity contribution in [3.63, 3.8) is 0 Å². The standard InChI is InChI=1S/C19H24N2O3S2/c1-4-5-6-7-8-24-19(23)14(13(2)3)9-17(22)15-11-26-18(21-15)16-10-25-12-20-16/h6-7,10-14H,4-5,8-9H2,1-3H3/b7-6+/t14-/m0/s1. The van der Waals surface area contributed by atoms with E-state index in [1.807, 2.05) is 31.4 Å². The Balaban J connectivity index is 1.96. The summed E-state index contributed by atoms with van der Waals surface area (Å²) >= 11 is 2.87. The molecule has 0 aliphatic heterocycles. The average Bonchev–Trinajstić information content (AvgIpc) is 3.29. The predicted molar refractivity (Wildman–Crippen MR) is 106 cm³/mol. The fraction of sp³-hybridized carbons (Fsp3) is 0.474. The Morgan fingerprint density at radius 3 is 2.73 bits per heavy atom. The number of allylic oxidation sites excluding steroid dienone is 1. The highest BCUT2D eigenvalue weighted by Gasteiger charge is 2.28. The van der Waals surface area contributed by atoms with Crippen LogP contribution in [0.15, 0.2) is 28.4 Å². The monoisotopic (exact) mass is 392 g/mol. The Morgan fingerprint density at radius 1 is 1.27 bits per heavy atom. The smallest absolute Gasteiger partial charge is 0.309 e. The van der Waals surface area contributed by atoms with Crippen molar-refractivity contribution in [2.75, 3.05) is 6.61 Å². The van der Waals surface area contributed by atoms with Gasteiger partial charge in [-0.05, 0) is 12.3 Å². The summed E-state index contributed by atoms with van der Waals surface area (Å²) in [5, 5.41) is 4.35. The minimum atomic E-state index is -0.466. The zero-order valence-corrected chi connectivity index (χ0v) is 16.9. The van der Waals surface area contributed by atoms with Crippen LogP contribution < -0.4 is 0 Å². The van der Waals surface area contributed by atoms with Crippen molar-refractivity contribution >= 4 is 34.4 Å². The predicted octanol–water partition coefficient (Wildman–Crippen LogP) is 5.01. The van der Waals surface area contributed by atoms with Gasteiger partial charge in [-0.25, -0.2) is 9.97 Å². The Kier molecular flexibility index (Phi) is 8.12. The second kappa shape index (κ2) is 10.3. The number of aromatic nitrogens is 2. The topological polar surface area (TPSA) is 69.2 Å². The molecule has 0 radical (unpaired) electrons. The van der Waals surface area contributed by atoms with Crippen molar-refractivity contribution in [1.82, 2.24) is 9.97 Å². The van der Waals surface area contributed by atoms with Crippen LogP contribution in [0, 0.1) is 11.8 Å². The van der Waals surface area contributed by atoms with Crippen LogP contribution in [0.4, 0.5) is 0 Å². The second-order valence-electron chi connectivity index (χ2n) is 6.28. The first-order valence-corrected chi connectivity index (χ1v) is 10.5. The molecule has 0 bridgehead atoms. The number of hydrogen-bond acceptors (Lipinski definition) is 7. The number of esters is 1. The zero-order valence-electron chi connectivity index (χ0n) is 15.3. The summed E-state index contributed by atoms with van der Waals surface area (Å²) in [6, 6.07) is 0. The van der Waals surface area contributed by atoms with Gasteiger partial charge in [0, 0.05) is 17.2 Å². The maximum Gasteiger partial charge on any atom is 0.309 e. The third-order valence-corrected chi connectivity index (χ3v) is 5.35. The molecule has 2 aromatic heterocycles. The molecule has 2 rings (SSSR count). The molecule has 140 valence electrons. The zero-order chi connectivity index (χ0) is 18.9. The number of Topliss-reactive ketones (excluding diaryl/α,β-unsaturated/α-hetero) is 1. The van der Waals surface area contributed by atoms with E-state index in [9.17, 15) is 9.59 Å². The maximum absolute atomic E-state index is 12.6. The van der Waals surface area contributed by atoms with Crippen molar-refractivity contribution < 1.29 is 14.3 Å². The summed E-state index contributed by atoms with van der Waals surface area (Å²) in [5.74, 6) is -0.918. The lowest BCUT2D eigenvalue weighted by atomic mass is 9.90. The van der Waals surface area contributed by atoms with Gasteiger partial charge in [-0.1, -0.05) is 39.3 Å². The van der Waals surface area contributed by atoms with E-state index >= 15 is 0 Å². The normalized spacial score (nSPS) is 12.6. The number of rotatable bonds is 10. The molecule has 7 heteroatoms. The highest BCUT2D eigenvalue weighted by molar-refractivity contribution is 7.14. The number of carbonyl (C=O) groups is 2. The number of unbranched alkanes of at least 4 members (excludes halogenated alkanes) is 1. The van der Waals surface area contributed by atoms with Gasteiger partial charge in [0.25, 0.3) is 0 Å². The lowest BCUT2D eigenvalue weighted by Gasteiger charge is -2.17. The lowest BCUT2D eigenvalue weighted by molar-refractivity contribution is -0.148. The van der Waals surface area contributed by atoms with E-state index in [4.69, 9.17) is 4.74 Å². The fourth-order valence-corrected chi connectivity index (χ4v) is 3.73. The number of nitrogens with zero attached hydrogens (tertiary/aromatic N) is 2. The van der Waals surface area contributed by atoms with E-state index in [0.717, 1.165) is 23.5 Å². The molecule has 0 aromatic carbocycles. The molecule has 0 aliphatic carbocycles. The summed E-state index contributed by atoms with van der Waals surface area (Å²) in [5.41, 5.74) is 2.90. The van der Waals surface area contributed by atoms with Gasteiger partial charge < -0.3 is 4.74 Å². The summed E-state index contributed by atoms with van der Waals surface area (Å²) in [7, 11) is 0. The number of thiazole rings is 2. The van der Waals surface area contributed by atoms with Crippen LogP contribution in [0.25, 0.3) is 10.7 Å². The highest BCUT2D eigenvalue weighted by atomic mass is 32.1. The van der Waals surface area contributed by atoms with E-state index in [0.29, 0.717) is 5.69 Å².